The minimum Gasteiger partial charge on any atom is -0.0622 e. The van der Waals surface area contributed by atoms with Gasteiger partial charge in [0.1, 0.15) is 0 Å². The lowest BCUT2D eigenvalue weighted by atomic mass is 9.85. The first-order valence-corrected chi connectivity index (χ1v) is 6.51. The molecule has 0 atom stereocenters. The van der Waals surface area contributed by atoms with Crippen LogP contribution in [-0.4, -0.2) is 0 Å². The number of hydrogen-bond donors (Lipinski definition) is 0. The molecule has 0 saturated heterocycles. The summed E-state index contributed by atoms with van der Waals surface area (Å²) < 4.78 is 0. The summed E-state index contributed by atoms with van der Waals surface area (Å²) in [5.74, 6) is 0.253. The van der Waals surface area contributed by atoms with Gasteiger partial charge in [0.25, 0.3) is 0 Å². The molecule has 0 unspecified atom stereocenters. The van der Waals surface area contributed by atoms with Crippen molar-refractivity contribution in [3.63, 3.8) is 0 Å². The molecule has 0 nitrogen and oxygen atoms in total. The highest BCUT2D eigenvalue weighted by Crippen LogP contribution is 2.30. The second-order valence-corrected chi connectivity index (χ2v) is 4.57. The Morgan fingerprint density at radius 1 is 0.579 bits per heavy atom. The normalized spacial score (nSPS) is 10.6. The molecule has 0 aromatic heterocycles. The van der Waals surface area contributed by atoms with E-state index in [0.717, 1.165) is 0 Å². The molecule has 3 aromatic carbocycles. The fourth-order valence-electron chi connectivity index (χ4n) is 2.43. The summed E-state index contributed by atoms with van der Waals surface area (Å²) >= 11 is 0. The molecule has 0 spiro atoms. The second kappa shape index (κ2) is 5.53. The van der Waals surface area contributed by atoms with Crippen LogP contribution >= 0.6 is 0 Å². The number of benzene rings is 3. The highest BCUT2D eigenvalue weighted by atomic mass is 14.2. The SMILES string of the molecule is [c]1ccccc1C(c1ccccc1)c1ccccc1. The van der Waals surface area contributed by atoms with E-state index in [-0.39, 0.29) is 5.92 Å². The minimum absolute atomic E-state index is 0.253. The average molecular weight is 243 g/mol. The molecule has 0 bridgehead atoms. The van der Waals surface area contributed by atoms with Crippen molar-refractivity contribution in [1.29, 1.82) is 0 Å². The predicted octanol–water partition coefficient (Wildman–Crippen LogP) is 4.67. The summed E-state index contributed by atoms with van der Waals surface area (Å²) in [6.45, 7) is 0. The molecule has 0 aliphatic rings. The van der Waals surface area contributed by atoms with E-state index in [2.05, 4.69) is 78.9 Å². The van der Waals surface area contributed by atoms with Crippen LogP contribution < -0.4 is 0 Å². The Hall–Kier alpha value is -2.34. The monoisotopic (exact) mass is 243 g/mol. The van der Waals surface area contributed by atoms with E-state index < -0.39 is 0 Å². The van der Waals surface area contributed by atoms with Crippen LogP contribution in [0, 0.1) is 6.07 Å². The highest BCUT2D eigenvalue weighted by molar-refractivity contribution is 5.42. The van der Waals surface area contributed by atoms with Crippen LogP contribution in [0.3, 0.4) is 0 Å². The molecular formula is C19H15. The second-order valence-electron chi connectivity index (χ2n) is 4.57. The van der Waals surface area contributed by atoms with Crippen LogP contribution in [0.15, 0.2) is 84.9 Å². The molecule has 0 heteroatoms. The molecular weight excluding hydrogens is 228 g/mol. The Kier molecular flexibility index (Phi) is 3.42. The van der Waals surface area contributed by atoms with Crippen molar-refractivity contribution in [1.82, 2.24) is 0 Å². The van der Waals surface area contributed by atoms with Gasteiger partial charge in [0.15, 0.2) is 0 Å². The van der Waals surface area contributed by atoms with E-state index in [0.29, 0.717) is 0 Å². The van der Waals surface area contributed by atoms with Crippen molar-refractivity contribution in [2.75, 3.05) is 0 Å². The molecule has 0 saturated carbocycles. The van der Waals surface area contributed by atoms with Crippen molar-refractivity contribution >= 4 is 0 Å². The lowest BCUT2D eigenvalue weighted by Gasteiger charge is -2.18. The van der Waals surface area contributed by atoms with Gasteiger partial charge in [0.2, 0.25) is 0 Å². The van der Waals surface area contributed by atoms with E-state index in [4.69, 9.17) is 0 Å². The summed E-state index contributed by atoms with van der Waals surface area (Å²) in [6, 6.07) is 32.8. The Labute approximate surface area is 114 Å². The molecule has 3 rings (SSSR count). The standard InChI is InChI=1S/C19H15/c1-4-10-16(11-5-1)19(17-12-6-2-7-13-17)18-14-8-3-9-15-18/h1-14,19H. The molecule has 0 heterocycles. The summed E-state index contributed by atoms with van der Waals surface area (Å²) in [4.78, 5) is 0. The van der Waals surface area contributed by atoms with Crippen LogP contribution in [0.1, 0.15) is 22.6 Å². The maximum Gasteiger partial charge on any atom is 0.0346 e. The maximum atomic E-state index is 3.37. The highest BCUT2D eigenvalue weighted by Gasteiger charge is 2.15. The Bertz CT molecular complexity index is 518. The van der Waals surface area contributed by atoms with Gasteiger partial charge in [-0.3, -0.25) is 0 Å². The molecule has 19 heavy (non-hydrogen) atoms. The lowest BCUT2D eigenvalue weighted by molar-refractivity contribution is 0.975. The smallest absolute Gasteiger partial charge is 0.0346 e. The van der Waals surface area contributed by atoms with Crippen molar-refractivity contribution in [2.45, 2.75) is 5.92 Å². The van der Waals surface area contributed by atoms with Gasteiger partial charge in [-0.25, -0.2) is 0 Å². The Morgan fingerprint density at radius 2 is 1.11 bits per heavy atom. The summed E-state index contributed by atoms with van der Waals surface area (Å²) in [5, 5.41) is 0. The number of hydrogen-bond acceptors (Lipinski definition) is 0. The Morgan fingerprint density at radius 3 is 1.58 bits per heavy atom. The molecule has 0 aliphatic carbocycles. The average Bonchev–Trinajstić information content (AvgIpc) is 2.51. The third kappa shape index (κ3) is 2.58. The fraction of sp³-hybridized carbons (Fsp3) is 0.0526. The Balaban J connectivity index is 2.12. The predicted molar refractivity (Wildman–Crippen MR) is 79.1 cm³/mol. The first-order valence-electron chi connectivity index (χ1n) is 6.51. The summed E-state index contributed by atoms with van der Waals surface area (Å²) in [7, 11) is 0. The minimum atomic E-state index is 0.253. The molecule has 0 N–H and O–H groups in total. The van der Waals surface area contributed by atoms with E-state index in [1.54, 1.807) is 0 Å². The zero-order valence-corrected chi connectivity index (χ0v) is 10.7. The van der Waals surface area contributed by atoms with E-state index in [1.165, 1.54) is 16.7 Å². The quantitative estimate of drug-likeness (QED) is 0.586. The lowest BCUT2D eigenvalue weighted by Crippen LogP contribution is -2.02. The van der Waals surface area contributed by atoms with Crippen LogP contribution in [0.2, 0.25) is 0 Å². The van der Waals surface area contributed by atoms with E-state index in [1.807, 2.05) is 12.1 Å². The van der Waals surface area contributed by atoms with Gasteiger partial charge < -0.3 is 0 Å². The number of rotatable bonds is 3. The molecule has 91 valence electrons. The van der Waals surface area contributed by atoms with Gasteiger partial charge in [-0.15, -0.1) is 0 Å². The molecule has 3 aromatic rings. The first kappa shape index (κ1) is 11.7. The first-order chi connectivity index (χ1) is 9.45. The van der Waals surface area contributed by atoms with Crippen LogP contribution in [-0.2, 0) is 0 Å². The van der Waals surface area contributed by atoms with Crippen molar-refractivity contribution in [3.8, 4) is 0 Å². The van der Waals surface area contributed by atoms with Gasteiger partial charge in [0.05, 0.1) is 0 Å². The van der Waals surface area contributed by atoms with Crippen molar-refractivity contribution in [2.24, 2.45) is 0 Å². The maximum absolute atomic E-state index is 3.37. The topological polar surface area (TPSA) is 0 Å². The zero-order chi connectivity index (χ0) is 12.9. The zero-order valence-electron chi connectivity index (χ0n) is 10.7. The fourth-order valence-corrected chi connectivity index (χ4v) is 2.43. The van der Waals surface area contributed by atoms with E-state index in [9.17, 15) is 0 Å². The molecule has 0 amide bonds. The third-order valence-electron chi connectivity index (χ3n) is 3.31. The van der Waals surface area contributed by atoms with Gasteiger partial charge in [0, 0.05) is 5.92 Å². The van der Waals surface area contributed by atoms with Gasteiger partial charge in [-0.1, -0.05) is 84.9 Å². The van der Waals surface area contributed by atoms with Gasteiger partial charge >= 0.3 is 0 Å². The van der Waals surface area contributed by atoms with Crippen LogP contribution in [0.5, 0.6) is 0 Å². The largest absolute Gasteiger partial charge is 0.0622 e. The van der Waals surface area contributed by atoms with Crippen molar-refractivity contribution in [3.05, 3.63) is 108 Å². The molecule has 0 aliphatic heterocycles. The molecule has 1 radical (unpaired) electrons. The van der Waals surface area contributed by atoms with Gasteiger partial charge in [-0.05, 0) is 22.8 Å². The molecule has 0 fully saturated rings. The van der Waals surface area contributed by atoms with Crippen LogP contribution in [0.4, 0.5) is 0 Å². The third-order valence-corrected chi connectivity index (χ3v) is 3.31. The van der Waals surface area contributed by atoms with E-state index >= 15 is 0 Å². The van der Waals surface area contributed by atoms with Crippen molar-refractivity contribution < 1.29 is 0 Å². The summed E-state index contributed by atoms with van der Waals surface area (Å²) in [6.07, 6.45) is 0. The summed E-state index contributed by atoms with van der Waals surface area (Å²) in [5.41, 5.74) is 3.81. The van der Waals surface area contributed by atoms with Gasteiger partial charge in [-0.2, -0.15) is 0 Å². The van der Waals surface area contributed by atoms with Crippen LogP contribution in [0.25, 0.3) is 0 Å².